The maximum atomic E-state index is 13.2. The maximum absolute atomic E-state index is 13.2. The molecule has 4 heteroatoms. The van der Waals surface area contributed by atoms with Gasteiger partial charge in [0, 0.05) is 22.3 Å². The Morgan fingerprint density at radius 2 is 2.10 bits per heavy atom. The van der Waals surface area contributed by atoms with Crippen LogP contribution in [0.2, 0.25) is 0 Å². The van der Waals surface area contributed by atoms with E-state index in [0.29, 0.717) is 12.1 Å². The number of terminal acetylenes is 1. The van der Waals surface area contributed by atoms with E-state index in [0.717, 1.165) is 21.5 Å². The van der Waals surface area contributed by atoms with Crippen LogP contribution < -0.4 is 10.1 Å². The van der Waals surface area contributed by atoms with Crippen molar-refractivity contribution in [3.63, 3.8) is 0 Å². The van der Waals surface area contributed by atoms with Crippen LogP contribution in [0, 0.1) is 25.1 Å². The molecule has 0 heterocycles. The molecule has 0 saturated carbocycles. The topological polar surface area (TPSA) is 21.3 Å². The molecule has 0 spiro atoms. The monoisotopic (exact) mass is 347 g/mol. The Balaban J connectivity index is 2.13. The van der Waals surface area contributed by atoms with E-state index in [9.17, 15) is 4.39 Å². The molecule has 0 radical (unpaired) electrons. The smallest absolute Gasteiger partial charge is 0.148 e. The summed E-state index contributed by atoms with van der Waals surface area (Å²) in [4.78, 5) is 0. The van der Waals surface area contributed by atoms with E-state index in [-0.39, 0.29) is 12.4 Å². The third-order valence-corrected chi connectivity index (χ3v) is 3.47. The number of ether oxygens (including phenoxy) is 1. The molecule has 0 atom stereocenters. The van der Waals surface area contributed by atoms with Gasteiger partial charge in [0.05, 0.1) is 0 Å². The molecule has 0 aliphatic heterocycles. The highest BCUT2D eigenvalue weighted by atomic mass is 79.9. The van der Waals surface area contributed by atoms with Crippen molar-refractivity contribution in [3.8, 4) is 18.1 Å². The number of benzene rings is 2. The summed E-state index contributed by atoms with van der Waals surface area (Å²) in [5.41, 5.74) is 2.44. The molecule has 0 saturated heterocycles. The number of rotatable bonds is 5. The number of aryl methyl sites for hydroxylation is 1. The lowest BCUT2D eigenvalue weighted by Gasteiger charge is -2.12. The van der Waals surface area contributed by atoms with Gasteiger partial charge < -0.3 is 10.1 Å². The van der Waals surface area contributed by atoms with Crippen LogP contribution in [-0.4, -0.2) is 6.61 Å². The minimum atomic E-state index is -0.207. The SMILES string of the molecule is C#CCOc1ccc(Br)cc1CNc1ccc(F)c(C)c1. The highest BCUT2D eigenvalue weighted by molar-refractivity contribution is 9.10. The van der Waals surface area contributed by atoms with Gasteiger partial charge in [0.1, 0.15) is 18.2 Å². The first-order chi connectivity index (χ1) is 10.1. The number of halogens is 2. The zero-order valence-electron chi connectivity index (χ0n) is 11.6. The van der Waals surface area contributed by atoms with Gasteiger partial charge in [-0.15, -0.1) is 6.42 Å². The third-order valence-electron chi connectivity index (χ3n) is 2.97. The van der Waals surface area contributed by atoms with Crippen LogP contribution in [-0.2, 0) is 6.54 Å². The Morgan fingerprint density at radius 1 is 1.29 bits per heavy atom. The van der Waals surface area contributed by atoms with Crippen LogP contribution in [0.1, 0.15) is 11.1 Å². The summed E-state index contributed by atoms with van der Waals surface area (Å²) in [6, 6.07) is 10.7. The van der Waals surface area contributed by atoms with Gasteiger partial charge in [0.25, 0.3) is 0 Å². The van der Waals surface area contributed by atoms with Crippen molar-refractivity contribution in [2.75, 3.05) is 11.9 Å². The lowest BCUT2D eigenvalue weighted by Crippen LogP contribution is -2.04. The van der Waals surface area contributed by atoms with Gasteiger partial charge in [-0.05, 0) is 48.9 Å². The zero-order chi connectivity index (χ0) is 15.2. The van der Waals surface area contributed by atoms with E-state index in [1.165, 1.54) is 6.07 Å². The fourth-order valence-electron chi connectivity index (χ4n) is 1.90. The largest absolute Gasteiger partial charge is 0.481 e. The summed E-state index contributed by atoms with van der Waals surface area (Å²) in [6.45, 7) is 2.52. The zero-order valence-corrected chi connectivity index (χ0v) is 13.2. The molecule has 108 valence electrons. The fraction of sp³-hybridized carbons (Fsp3) is 0.176. The average Bonchev–Trinajstić information content (AvgIpc) is 2.47. The quantitative estimate of drug-likeness (QED) is 0.802. The first-order valence-electron chi connectivity index (χ1n) is 6.45. The van der Waals surface area contributed by atoms with Gasteiger partial charge in [-0.1, -0.05) is 21.9 Å². The highest BCUT2D eigenvalue weighted by Gasteiger charge is 2.05. The lowest BCUT2D eigenvalue weighted by atomic mass is 10.1. The Morgan fingerprint density at radius 3 is 2.81 bits per heavy atom. The molecule has 0 amide bonds. The van der Waals surface area contributed by atoms with Crippen molar-refractivity contribution < 1.29 is 9.13 Å². The average molecular weight is 348 g/mol. The predicted molar refractivity (Wildman–Crippen MR) is 86.9 cm³/mol. The van der Waals surface area contributed by atoms with Crippen LogP contribution in [0.3, 0.4) is 0 Å². The van der Waals surface area contributed by atoms with Crippen molar-refractivity contribution in [2.45, 2.75) is 13.5 Å². The van der Waals surface area contributed by atoms with Gasteiger partial charge in [-0.25, -0.2) is 4.39 Å². The summed E-state index contributed by atoms with van der Waals surface area (Å²) in [6.07, 6.45) is 5.22. The van der Waals surface area contributed by atoms with Crippen LogP contribution in [0.5, 0.6) is 5.75 Å². The van der Waals surface area contributed by atoms with E-state index < -0.39 is 0 Å². The molecular weight excluding hydrogens is 333 g/mol. The van der Waals surface area contributed by atoms with Crippen LogP contribution >= 0.6 is 15.9 Å². The molecule has 0 aliphatic rings. The van der Waals surface area contributed by atoms with E-state index in [1.807, 2.05) is 18.2 Å². The van der Waals surface area contributed by atoms with Crippen molar-refractivity contribution in [1.29, 1.82) is 0 Å². The summed E-state index contributed by atoms with van der Waals surface area (Å²) in [5.74, 6) is 2.98. The predicted octanol–water partition coefficient (Wildman–Crippen LogP) is 4.52. The molecular formula is C17H15BrFNO. The third kappa shape index (κ3) is 4.24. The molecule has 1 N–H and O–H groups in total. The molecule has 2 rings (SSSR count). The van der Waals surface area contributed by atoms with E-state index >= 15 is 0 Å². The highest BCUT2D eigenvalue weighted by Crippen LogP contribution is 2.24. The molecule has 2 aromatic rings. The van der Waals surface area contributed by atoms with Gasteiger partial charge in [0.2, 0.25) is 0 Å². The minimum Gasteiger partial charge on any atom is -0.481 e. The standard InChI is InChI=1S/C17H15BrFNO/c1-3-8-21-17-7-4-14(18)10-13(17)11-20-15-5-6-16(19)12(2)9-15/h1,4-7,9-10,20H,8,11H2,2H3. The van der Waals surface area contributed by atoms with Crippen LogP contribution in [0.15, 0.2) is 40.9 Å². The Bertz CT molecular complexity index is 679. The number of anilines is 1. The van der Waals surface area contributed by atoms with Crippen LogP contribution in [0.25, 0.3) is 0 Å². The minimum absolute atomic E-state index is 0.207. The Labute approximate surface area is 132 Å². The van der Waals surface area contributed by atoms with Crippen molar-refractivity contribution in [2.24, 2.45) is 0 Å². The first-order valence-corrected chi connectivity index (χ1v) is 7.24. The summed E-state index contributed by atoms with van der Waals surface area (Å²) < 4.78 is 19.7. The maximum Gasteiger partial charge on any atom is 0.148 e. The van der Waals surface area contributed by atoms with E-state index in [2.05, 4.69) is 27.2 Å². The normalized spacial score (nSPS) is 10.0. The second-order valence-corrected chi connectivity index (χ2v) is 5.48. The fourth-order valence-corrected chi connectivity index (χ4v) is 2.31. The first kappa shape index (κ1) is 15.4. The number of nitrogens with one attached hydrogen (secondary N) is 1. The lowest BCUT2D eigenvalue weighted by molar-refractivity contribution is 0.366. The number of hydrogen-bond acceptors (Lipinski definition) is 2. The van der Waals surface area contributed by atoms with Crippen molar-refractivity contribution in [1.82, 2.24) is 0 Å². The molecule has 0 aliphatic carbocycles. The van der Waals surface area contributed by atoms with Gasteiger partial charge in [-0.3, -0.25) is 0 Å². The van der Waals surface area contributed by atoms with Crippen molar-refractivity contribution in [3.05, 3.63) is 57.8 Å². The van der Waals surface area contributed by atoms with E-state index in [4.69, 9.17) is 11.2 Å². The van der Waals surface area contributed by atoms with Gasteiger partial charge >= 0.3 is 0 Å². The summed E-state index contributed by atoms with van der Waals surface area (Å²) >= 11 is 3.44. The van der Waals surface area contributed by atoms with Gasteiger partial charge in [0.15, 0.2) is 0 Å². The second kappa shape index (κ2) is 7.14. The van der Waals surface area contributed by atoms with Gasteiger partial charge in [-0.2, -0.15) is 0 Å². The molecule has 2 aromatic carbocycles. The molecule has 0 unspecified atom stereocenters. The van der Waals surface area contributed by atoms with E-state index in [1.54, 1.807) is 19.1 Å². The molecule has 2 nitrogen and oxygen atoms in total. The molecule has 0 fully saturated rings. The Kier molecular flexibility index (Phi) is 5.24. The van der Waals surface area contributed by atoms with Crippen molar-refractivity contribution >= 4 is 21.6 Å². The molecule has 21 heavy (non-hydrogen) atoms. The summed E-state index contributed by atoms with van der Waals surface area (Å²) in [5, 5.41) is 3.25. The molecule has 0 bridgehead atoms. The second-order valence-electron chi connectivity index (χ2n) is 4.56. The summed E-state index contributed by atoms with van der Waals surface area (Å²) in [7, 11) is 0. The van der Waals surface area contributed by atoms with Crippen LogP contribution in [0.4, 0.5) is 10.1 Å². The molecule has 0 aromatic heterocycles. The number of hydrogen-bond donors (Lipinski definition) is 1. The Hall–Kier alpha value is -1.99.